The molecule has 0 N–H and O–H groups in total. The van der Waals surface area contributed by atoms with Crippen molar-refractivity contribution in [2.45, 2.75) is 13.5 Å². The molecule has 0 aromatic heterocycles. The summed E-state index contributed by atoms with van der Waals surface area (Å²) in [6, 6.07) is 3.31. The van der Waals surface area contributed by atoms with Crippen LogP contribution < -0.4 is 0 Å². The highest BCUT2D eigenvalue weighted by molar-refractivity contribution is 5.77. The van der Waals surface area contributed by atoms with E-state index in [0.29, 0.717) is 0 Å². The zero-order valence-electron chi connectivity index (χ0n) is 8.76. The number of benzene rings is 1. The van der Waals surface area contributed by atoms with Crippen LogP contribution in [0.25, 0.3) is 0 Å². The van der Waals surface area contributed by atoms with Gasteiger partial charge in [0.2, 0.25) is 0 Å². The minimum atomic E-state index is -0.470. The Morgan fingerprint density at radius 1 is 1.40 bits per heavy atom. The third-order valence-electron chi connectivity index (χ3n) is 1.94. The number of carbonyl (C=O) groups excluding carboxylic acids is 1. The molecule has 0 aliphatic rings. The predicted molar refractivity (Wildman–Crippen MR) is 53.4 cm³/mol. The van der Waals surface area contributed by atoms with Crippen LogP contribution >= 0.6 is 0 Å². The molecule has 0 unspecified atom stereocenters. The van der Waals surface area contributed by atoms with Crippen LogP contribution in [0.4, 0.5) is 8.78 Å². The van der Waals surface area contributed by atoms with Crippen molar-refractivity contribution in [3.05, 3.63) is 35.4 Å². The van der Waals surface area contributed by atoms with Crippen LogP contribution in [0.15, 0.2) is 18.2 Å². The quantitative estimate of drug-likeness (QED) is 0.762. The van der Waals surface area contributed by atoms with Crippen molar-refractivity contribution in [1.29, 1.82) is 0 Å². The molecule has 0 radical (unpaired) electrons. The van der Waals surface area contributed by atoms with Crippen molar-refractivity contribution in [2.75, 3.05) is 13.6 Å². The van der Waals surface area contributed by atoms with Crippen LogP contribution in [-0.4, -0.2) is 24.3 Å². The third kappa shape index (κ3) is 3.75. The first-order chi connectivity index (χ1) is 6.99. The summed E-state index contributed by atoms with van der Waals surface area (Å²) in [6.07, 6.45) is 0. The van der Waals surface area contributed by atoms with E-state index >= 15 is 0 Å². The smallest absolute Gasteiger partial charge is 0.143 e. The van der Waals surface area contributed by atoms with Gasteiger partial charge in [-0.05, 0) is 32.2 Å². The predicted octanol–water partition coefficient (Wildman–Crippen LogP) is 1.99. The first-order valence-electron chi connectivity index (χ1n) is 4.61. The number of halogens is 2. The molecule has 0 aliphatic carbocycles. The third-order valence-corrected chi connectivity index (χ3v) is 1.94. The summed E-state index contributed by atoms with van der Waals surface area (Å²) in [5, 5.41) is 0. The minimum absolute atomic E-state index is 0.00527. The molecule has 1 rings (SSSR count). The number of rotatable bonds is 4. The normalized spacial score (nSPS) is 10.7. The fourth-order valence-electron chi connectivity index (χ4n) is 1.39. The fraction of sp³-hybridized carbons (Fsp3) is 0.364. The second kappa shape index (κ2) is 4.98. The van der Waals surface area contributed by atoms with Crippen molar-refractivity contribution >= 4 is 5.78 Å². The maximum absolute atomic E-state index is 13.2. The topological polar surface area (TPSA) is 20.3 Å². The van der Waals surface area contributed by atoms with E-state index in [-0.39, 0.29) is 24.4 Å². The molecule has 0 amide bonds. The van der Waals surface area contributed by atoms with Gasteiger partial charge in [0, 0.05) is 12.1 Å². The molecule has 0 aliphatic heterocycles. The van der Waals surface area contributed by atoms with Crippen molar-refractivity contribution in [3.8, 4) is 0 Å². The van der Waals surface area contributed by atoms with E-state index in [0.717, 1.165) is 18.2 Å². The zero-order valence-corrected chi connectivity index (χ0v) is 8.76. The molecule has 1 aromatic rings. The van der Waals surface area contributed by atoms with Crippen LogP contribution in [0.3, 0.4) is 0 Å². The maximum atomic E-state index is 13.2. The molecular weight excluding hydrogens is 200 g/mol. The zero-order chi connectivity index (χ0) is 11.4. The first-order valence-corrected chi connectivity index (χ1v) is 4.61. The number of likely N-dealkylation sites (N-methyl/N-ethyl adjacent to an activating group) is 1. The lowest BCUT2D eigenvalue weighted by molar-refractivity contribution is -0.117. The van der Waals surface area contributed by atoms with Crippen LogP contribution in [-0.2, 0) is 11.3 Å². The van der Waals surface area contributed by atoms with Gasteiger partial charge in [-0.3, -0.25) is 9.69 Å². The minimum Gasteiger partial charge on any atom is -0.299 e. The number of ketones is 1. The van der Waals surface area contributed by atoms with Gasteiger partial charge in [-0.1, -0.05) is 0 Å². The molecular formula is C11H13F2NO. The van der Waals surface area contributed by atoms with Crippen molar-refractivity contribution in [1.82, 2.24) is 4.90 Å². The highest BCUT2D eigenvalue weighted by Gasteiger charge is 2.08. The molecule has 0 spiro atoms. The lowest BCUT2D eigenvalue weighted by atomic mass is 10.2. The standard InChI is InChI=1S/C11H13F2NO/c1-8(15)6-14(2)7-9-5-10(12)3-4-11(9)13/h3-5H,6-7H2,1-2H3. The molecule has 82 valence electrons. The van der Waals surface area contributed by atoms with Crippen LogP contribution in [0.2, 0.25) is 0 Å². The average molecular weight is 213 g/mol. The average Bonchev–Trinajstić information content (AvgIpc) is 2.10. The summed E-state index contributed by atoms with van der Waals surface area (Å²) in [4.78, 5) is 12.4. The monoisotopic (exact) mass is 213 g/mol. The lowest BCUT2D eigenvalue weighted by Crippen LogP contribution is -2.24. The molecule has 0 atom stereocenters. The van der Waals surface area contributed by atoms with E-state index < -0.39 is 11.6 Å². The molecule has 0 saturated carbocycles. The summed E-state index contributed by atoms with van der Waals surface area (Å²) >= 11 is 0. The highest BCUT2D eigenvalue weighted by Crippen LogP contribution is 2.11. The second-order valence-electron chi connectivity index (χ2n) is 3.61. The van der Waals surface area contributed by atoms with Crippen LogP contribution in [0, 0.1) is 11.6 Å². The molecule has 0 saturated heterocycles. The van der Waals surface area contributed by atoms with Gasteiger partial charge < -0.3 is 0 Å². The first kappa shape index (κ1) is 11.8. The Labute approximate surface area is 87.5 Å². The molecule has 1 aromatic carbocycles. The summed E-state index contributed by atoms with van der Waals surface area (Å²) in [5.74, 6) is -0.927. The summed E-state index contributed by atoms with van der Waals surface area (Å²) < 4.78 is 26.0. The van der Waals surface area contributed by atoms with E-state index in [2.05, 4.69) is 0 Å². The summed E-state index contributed by atoms with van der Waals surface area (Å²) in [5.41, 5.74) is 0.263. The molecule has 4 heteroatoms. The van der Waals surface area contributed by atoms with Gasteiger partial charge >= 0.3 is 0 Å². The summed E-state index contributed by atoms with van der Waals surface area (Å²) in [7, 11) is 1.69. The number of hydrogen-bond acceptors (Lipinski definition) is 2. The van der Waals surface area contributed by atoms with E-state index in [1.165, 1.54) is 6.92 Å². The fourth-order valence-corrected chi connectivity index (χ4v) is 1.39. The van der Waals surface area contributed by atoms with E-state index in [1.807, 2.05) is 0 Å². The van der Waals surface area contributed by atoms with E-state index in [9.17, 15) is 13.6 Å². The number of Topliss-reactive ketones (excluding diaryl/α,β-unsaturated/α-hetero) is 1. The maximum Gasteiger partial charge on any atom is 0.143 e. The molecule has 15 heavy (non-hydrogen) atoms. The molecule has 2 nitrogen and oxygen atoms in total. The van der Waals surface area contributed by atoms with E-state index in [1.54, 1.807) is 11.9 Å². The Morgan fingerprint density at radius 3 is 2.67 bits per heavy atom. The van der Waals surface area contributed by atoms with Crippen molar-refractivity contribution in [2.24, 2.45) is 0 Å². The molecule has 0 bridgehead atoms. The second-order valence-corrected chi connectivity index (χ2v) is 3.61. The van der Waals surface area contributed by atoms with Gasteiger partial charge in [-0.25, -0.2) is 8.78 Å². The Kier molecular flexibility index (Phi) is 3.91. The Hall–Kier alpha value is -1.29. The van der Waals surface area contributed by atoms with Crippen molar-refractivity contribution in [3.63, 3.8) is 0 Å². The molecule has 0 fully saturated rings. The number of hydrogen-bond donors (Lipinski definition) is 0. The Morgan fingerprint density at radius 2 is 2.07 bits per heavy atom. The molecule has 0 heterocycles. The van der Waals surface area contributed by atoms with Gasteiger partial charge in [-0.2, -0.15) is 0 Å². The van der Waals surface area contributed by atoms with Crippen molar-refractivity contribution < 1.29 is 13.6 Å². The van der Waals surface area contributed by atoms with Crippen LogP contribution in [0.1, 0.15) is 12.5 Å². The number of carbonyl (C=O) groups is 1. The summed E-state index contributed by atoms with van der Waals surface area (Å²) in [6.45, 7) is 1.91. The van der Waals surface area contributed by atoms with Gasteiger partial charge in [0.05, 0.1) is 6.54 Å². The lowest BCUT2D eigenvalue weighted by Gasteiger charge is -2.15. The van der Waals surface area contributed by atoms with Gasteiger partial charge in [0.1, 0.15) is 17.4 Å². The van der Waals surface area contributed by atoms with E-state index in [4.69, 9.17) is 0 Å². The Balaban J connectivity index is 2.71. The largest absolute Gasteiger partial charge is 0.299 e. The van der Waals surface area contributed by atoms with Gasteiger partial charge in [0.15, 0.2) is 0 Å². The Bertz CT molecular complexity index is 366. The van der Waals surface area contributed by atoms with Crippen LogP contribution in [0.5, 0.6) is 0 Å². The van der Waals surface area contributed by atoms with Gasteiger partial charge in [0.25, 0.3) is 0 Å². The SMILES string of the molecule is CC(=O)CN(C)Cc1cc(F)ccc1F. The van der Waals surface area contributed by atoms with Gasteiger partial charge in [-0.15, -0.1) is 0 Å². The number of nitrogens with zero attached hydrogens (tertiary/aromatic N) is 1. The highest BCUT2D eigenvalue weighted by atomic mass is 19.1.